The lowest BCUT2D eigenvalue weighted by molar-refractivity contribution is 0.215. The molecule has 2 aromatic rings. The number of hydrogen-bond donors (Lipinski definition) is 2. The molecule has 2 rings (SSSR count). The second-order valence-corrected chi connectivity index (χ2v) is 3.88. The number of rotatable bonds is 2. The highest BCUT2D eigenvalue weighted by Crippen LogP contribution is 2.29. The van der Waals surface area contributed by atoms with Crippen LogP contribution in [0.2, 0.25) is 0 Å². The molecule has 0 heterocycles. The quantitative estimate of drug-likeness (QED) is 0.807. The highest BCUT2D eigenvalue weighted by Gasteiger charge is 2.13. The van der Waals surface area contributed by atoms with Gasteiger partial charge in [-0.2, -0.15) is 0 Å². The van der Waals surface area contributed by atoms with Gasteiger partial charge in [-0.1, -0.05) is 42.0 Å². The Bertz CT molecular complexity index is 477. The van der Waals surface area contributed by atoms with Crippen LogP contribution in [0.1, 0.15) is 22.8 Å². The third-order valence-corrected chi connectivity index (χ3v) is 2.59. The van der Waals surface area contributed by atoms with Gasteiger partial charge in [0.25, 0.3) is 0 Å². The summed E-state index contributed by atoms with van der Waals surface area (Å²) in [6.45, 7) is 1.93. The molecular weight excluding hydrogens is 200 g/mol. The highest BCUT2D eigenvalue weighted by molar-refractivity contribution is 5.41. The Morgan fingerprint density at radius 1 is 1.00 bits per heavy atom. The van der Waals surface area contributed by atoms with E-state index in [0.29, 0.717) is 5.56 Å². The zero-order chi connectivity index (χ0) is 11.5. The molecule has 82 valence electrons. The number of aliphatic hydroxyl groups excluding tert-OH is 1. The zero-order valence-corrected chi connectivity index (χ0v) is 9.09. The number of hydrogen-bond acceptors (Lipinski definition) is 2. The highest BCUT2D eigenvalue weighted by atomic mass is 16.3. The minimum atomic E-state index is -0.777. The first-order chi connectivity index (χ1) is 7.68. The Morgan fingerprint density at radius 2 is 1.69 bits per heavy atom. The van der Waals surface area contributed by atoms with Crippen molar-refractivity contribution in [3.63, 3.8) is 0 Å². The molecular formula is C14H14O2. The summed E-state index contributed by atoms with van der Waals surface area (Å²) in [5.41, 5.74) is 2.34. The van der Waals surface area contributed by atoms with E-state index in [0.717, 1.165) is 11.1 Å². The van der Waals surface area contributed by atoms with Crippen molar-refractivity contribution in [2.75, 3.05) is 0 Å². The smallest absolute Gasteiger partial charge is 0.121 e. The number of benzene rings is 2. The Labute approximate surface area is 94.8 Å². The SMILES string of the molecule is Cc1ccc(O)c([C@H](O)c2ccccc2)c1. The van der Waals surface area contributed by atoms with E-state index in [1.165, 1.54) is 0 Å². The summed E-state index contributed by atoms with van der Waals surface area (Å²) in [5.74, 6) is 0.127. The molecule has 0 bridgehead atoms. The van der Waals surface area contributed by atoms with E-state index in [-0.39, 0.29) is 5.75 Å². The molecule has 0 aliphatic heterocycles. The third kappa shape index (κ3) is 2.07. The van der Waals surface area contributed by atoms with Crippen molar-refractivity contribution in [1.29, 1.82) is 0 Å². The molecule has 2 nitrogen and oxygen atoms in total. The Kier molecular flexibility index (Phi) is 2.93. The first-order valence-corrected chi connectivity index (χ1v) is 5.21. The van der Waals surface area contributed by atoms with Crippen molar-refractivity contribution in [3.05, 3.63) is 65.2 Å². The molecule has 0 radical (unpaired) electrons. The monoisotopic (exact) mass is 214 g/mol. The molecule has 2 heteroatoms. The topological polar surface area (TPSA) is 40.5 Å². The van der Waals surface area contributed by atoms with Crippen molar-refractivity contribution in [2.45, 2.75) is 13.0 Å². The second-order valence-electron chi connectivity index (χ2n) is 3.88. The first-order valence-electron chi connectivity index (χ1n) is 5.21. The molecule has 0 amide bonds. The fraction of sp³-hybridized carbons (Fsp3) is 0.143. The van der Waals surface area contributed by atoms with Crippen LogP contribution in [0.5, 0.6) is 5.75 Å². The molecule has 0 unspecified atom stereocenters. The molecule has 0 aliphatic carbocycles. The number of phenols is 1. The second kappa shape index (κ2) is 4.37. The fourth-order valence-corrected chi connectivity index (χ4v) is 1.71. The lowest BCUT2D eigenvalue weighted by Crippen LogP contribution is -2.00. The maximum Gasteiger partial charge on any atom is 0.121 e. The summed E-state index contributed by atoms with van der Waals surface area (Å²) in [6, 6.07) is 14.5. The fourth-order valence-electron chi connectivity index (χ4n) is 1.71. The maximum atomic E-state index is 10.1. The summed E-state index contributed by atoms with van der Waals surface area (Å²) in [6.07, 6.45) is -0.777. The summed E-state index contributed by atoms with van der Waals surface area (Å²) >= 11 is 0. The van der Waals surface area contributed by atoms with Gasteiger partial charge in [0.2, 0.25) is 0 Å². The van der Waals surface area contributed by atoms with Crippen LogP contribution in [0.15, 0.2) is 48.5 Å². The van der Waals surface area contributed by atoms with Gasteiger partial charge >= 0.3 is 0 Å². The minimum Gasteiger partial charge on any atom is -0.508 e. The molecule has 2 N–H and O–H groups in total. The van der Waals surface area contributed by atoms with Gasteiger partial charge in [-0.05, 0) is 24.6 Å². The molecule has 0 aromatic heterocycles. The van der Waals surface area contributed by atoms with Gasteiger partial charge in [0.1, 0.15) is 11.9 Å². The van der Waals surface area contributed by atoms with Crippen molar-refractivity contribution in [3.8, 4) is 5.75 Å². The van der Waals surface area contributed by atoms with Crippen LogP contribution in [-0.2, 0) is 0 Å². The van der Waals surface area contributed by atoms with Crippen LogP contribution in [0, 0.1) is 6.92 Å². The average Bonchev–Trinajstić information content (AvgIpc) is 2.32. The predicted octanol–water partition coefficient (Wildman–Crippen LogP) is 2.78. The molecule has 0 saturated heterocycles. The van der Waals surface area contributed by atoms with E-state index < -0.39 is 6.10 Å². The van der Waals surface area contributed by atoms with Gasteiger partial charge in [-0.25, -0.2) is 0 Å². The van der Waals surface area contributed by atoms with Crippen LogP contribution in [0.25, 0.3) is 0 Å². The van der Waals surface area contributed by atoms with E-state index >= 15 is 0 Å². The standard InChI is InChI=1S/C14H14O2/c1-10-7-8-13(15)12(9-10)14(16)11-5-3-2-4-6-11/h2-9,14-16H,1H3/t14-/m1/s1. The predicted molar refractivity (Wildman–Crippen MR) is 63.3 cm³/mol. The summed E-state index contributed by atoms with van der Waals surface area (Å²) in [5, 5.41) is 19.8. The third-order valence-electron chi connectivity index (χ3n) is 2.59. The van der Waals surface area contributed by atoms with E-state index in [1.54, 1.807) is 12.1 Å². The van der Waals surface area contributed by atoms with E-state index in [4.69, 9.17) is 0 Å². The van der Waals surface area contributed by atoms with E-state index in [2.05, 4.69) is 0 Å². The summed E-state index contributed by atoms with van der Waals surface area (Å²) in [7, 11) is 0. The summed E-state index contributed by atoms with van der Waals surface area (Å²) < 4.78 is 0. The molecule has 0 spiro atoms. The van der Waals surface area contributed by atoms with Crippen LogP contribution in [-0.4, -0.2) is 10.2 Å². The van der Waals surface area contributed by atoms with Crippen LogP contribution < -0.4 is 0 Å². The Hall–Kier alpha value is -1.80. The van der Waals surface area contributed by atoms with Gasteiger partial charge in [0.05, 0.1) is 0 Å². The van der Waals surface area contributed by atoms with Crippen molar-refractivity contribution in [1.82, 2.24) is 0 Å². The number of aromatic hydroxyl groups is 1. The zero-order valence-electron chi connectivity index (χ0n) is 9.09. The van der Waals surface area contributed by atoms with Crippen LogP contribution in [0.4, 0.5) is 0 Å². The lowest BCUT2D eigenvalue weighted by Gasteiger charge is -2.13. The van der Waals surface area contributed by atoms with Crippen LogP contribution >= 0.6 is 0 Å². The first kappa shape index (κ1) is 10.7. The van der Waals surface area contributed by atoms with Crippen molar-refractivity contribution in [2.24, 2.45) is 0 Å². The van der Waals surface area contributed by atoms with Crippen LogP contribution in [0.3, 0.4) is 0 Å². The average molecular weight is 214 g/mol. The van der Waals surface area contributed by atoms with Gasteiger partial charge in [0, 0.05) is 5.56 Å². The van der Waals surface area contributed by atoms with E-state index in [1.807, 2.05) is 43.3 Å². The lowest BCUT2D eigenvalue weighted by atomic mass is 9.99. The van der Waals surface area contributed by atoms with Gasteiger partial charge in [0.15, 0.2) is 0 Å². The van der Waals surface area contributed by atoms with Gasteiger partial charge in [-0.15, -0.1) is 0 Å². The molecule has 0 fully saturated rings. The maximum absolute atomic E-state index is 10.1. The molecule has 0 saturated carbocycles. The van der Waals surface area contributed by atoms with Gasteiger partial charge < -0.3 is 10.2 Å². The number of phenolic OH excluding ortho intramolecular Hbond substituents is 1. The van der Waals surface area contributed by atoms with E-state index in [9.17, 15) is 10.2 Å². The number of aliphatic hydroxyl groups is 1. The number of aryl methyl sites for hydroxylation is 1. The van der Waals surface area contributed by atoms with Gasteiger partial charge in [-0.3, -0.25) is 0 Å². The largest absolute Gasteiger partial charge is 0.508 e. The Balaban J connectivity index is 2.41. The molecule has 16 heavy (non-hydrogen) atoms. The van der Waals surface area contributed by atoms with Crippen molar-refractivity contribution < 1.29 is 10.2 Å². The summed E-state index contributed by atoms with van der Waals surface area (Å²) in [4.78, 5) is 0. The molecule has 1 atom stereocenters. The normalized spacial score (nSPS) is 12.4. The molecule has 2 aromatic carbocycles. The molecule has 0 aliphatic rings. The minimum absolute atomic E-state index is 0.127. The Morgan fingerprint density at radius 3 is 2.38 bits per heavy atom. The van der Waals surface area contributed by atoms with Crippen molar-refractivity contribution >= 4 is 0 Å².